The molecule has 0 saturated carbocycles. The van der Waals surface area contributed by atoms with E-state index in [4.69, 9.17) is 5.73 Å². The lowest BCUT2D eigenvalue weighted by Gasteiger charge is -2.12. The lowest BCUT2D eigenvalue weighted by Crippen LogP contribution is -2.20. The maximum atomic E-state index is 12.7. The maximum absolute atomic E-state index is 12.7. The highest BCUT2D eigenvalue weighted by atomic mass is 16.3. The van der Waals surface area contributed by atoms with E-state index in [0.717, 1.165) is 5.56 Å². The van der Waals surface area contributed by atoms with Gasteiger partial charge in [-0.15, -0.1) is 0 Å². The molecule has 1 atom stereocenters. The van der Waals surface area contributed by atoms with Crippen LogP contribution in [0.25, 0.3) is 11.0 Å². The number of imidazole rings is 1. The Hall–Kier alpha value is -3.02. The van der Waals surface area contributed by atoms with E-state index in [0.29, 0.717) is 23.1 Å². The highest BCUT2D eigenvalue weighted by molar-refractivity contribution is 5.95. The van der Waals surface area contributed by atoms with Crippen molar-refractivity contribution in [3.8, 4) is 11.5 Å². The molecule has 118 valence electrons. The smallest absolute Gasteiger partial charge is 0.235 e. The number of carbonyl (C=O) groups excluding carboxylic acids is 1. The van der Waals surface area contributed by atoms with Crippen molar-refractivity contribution in [2.75, 3.05) is 5.73 Å². The van der Waals surface area contributed by atoms with E-state index >= 15 is 0 Å². The summed E-state index contributed by atoms with van der Waals surface area (Å²) in [6.07, 6.45) is 1.92. The third kappa shape index (κ3) is 2.70. The fourth-order valence-electron chi connectivity index (χ4n) is 2.61. The molecular weight excluding hydrogens is 294 g/mol. The number of nitrogens with two attached hydrogens (primary N) is 1. The average Bonchev–Trinajstić information content (AvgIpc) is 2.95. The van der Waals surface area contributed by atoms with Crippen LogP contribution in [0.5, 0.6) is 11.5 Å². The normalized spacial score (nSPS) is 12.4. The highest BCUT2D eigenvalue weighted by Gasteiger charge is 2.19. The molecule has 0 aliphatic heterocycles. The minimum Gasteiger partial charge on any atom is -0.504 e. The fraction of sp³-hybridized carbons (Fsp3) is 0.176. The zero-order valence-electron chi connectivity index (χ0n) is 12.6. The van der Waals surface area contributed by atoms with E-state index in [1.54, 1.807) is 24.3 Å². The summed E-state index contributed by atoms with van der Waals surface area (Å²) in [5.74, 6) is -0.796. The predicted molar refractivity (Wildman–Crippen MR) is 87.4 cm³/mol. The Balaban J connectivity index is 1.86. The molecular formula is C17H17N3O3. The van der Waals surface area contributed by atoms with E-state index < -0.39 is 0 Å². The number of hydrogen-bond acceptors (Lipinski definition) is 5. The van der Waals surface area contributed by atoms with Crippen LogP contribution >= 0.6 is 0 Å². The van der Waals surface area contributed by atoms with Gasteiger partial charge in [-0.1, -0.05) is 19.1 Å². The minimum atomic E-state index is -0.322. The van der Waals surface area contributed by atoms with Crippen molar-refractivity contribution in [1.29, 1.82) is 0 Å². The first-order chi connectivity index (χ1) is 11.0. The molecule has 2 aromatic carbocycles. The molecule has 0 aliphatic rings. The van der Waals surface area contributed by atoms with Crippen molar-refractivity contribution in [2.45, 2.75) is 13.3 Å². The average molecular weight is 311 g/mol. The number of phenols is 2. The van der Waals surface area contributed by atoms with Crippen LogP contribution in [-0.4, -0.2) is 25.7 Å². The number of fused-ring (bicyclic) bond motifs is 1. The zero-order valence-corrected chi connectivity index (χ0v) is 12.6. The quantitative estimate of drug-likeness (QED) is 0.509. The molecule has 0 saturated heterocycles. The Kier molecular flexibility index (Phi) is 3.65. The largest absolute Gasteiger partial charge is 0.504 e. The van der Waals surface area contributed by atoms with Crippen LogP contribution in [0.15, 0.2) is 42.7 Å². The van der Waals surface area contributed by atoms with Gasteiger partial charge >= 0.3 is 0 Å². The van der Waals surface area contributed by atoms with Crippen LogP contribution in [0.2, 0.25) is 0 Å². The summed E-state index contributed by atoms with van der Waals surface area (Å²) in [4.78, 5) is 16.9. The molecule has 3 aromatic rings. The third-order valence-corrected chi connectivity index (χ3v) is 3.85. The number of para-hydroxylation sites is 1. The molecule has 23 heavy (non-hydrogen) atoms. The standard InChI is InChI=1S/C17H17N3O3/c1-10(7-11-5-6-14(21)15(22)8-11)17(23)20-9-19-16-12(18)3-2-4-13(16)20/h2-6,8-10,21-22H,7,18H2,1H3. The van der Waals surface area contributed by atoms with Crippen LogP contribution in [0.4, 0.5) is 5.69 Å². The summed E-state index contributed by atoms with van der Waals surface area (Å²) in [5.41, 5.74) is 8.45. The number of anilines is 1. The first-order valence-electron chi connectivity index (χ1n) is 7.24. The van der Waals surface area contributed by atoms with E-state index in [2.05, 4.69) is 4.98 Å². The van der Waals surface area contributed by atoms with Crippen LogP contribution < -0.4 is 5.73 Å². The van der Waals surface area contributed by atoms with Gasteiger partial charge in [-0.2, -0.15) is 0 Å². The molecule has 6 nitrogen and oxygen atoms in total. The Labute approximate surface area is 132 Å². The second-order valence-corrected chi connectivity index (χ2v) is 5.60. The fourth-order valence-corrected chi connectivity index (χ4v) is 2.61. The van der Waals surface area contributed by atoms with Crippen molar-refractivity contribution < 1.29 is 15.0 Å². The van der Waals surface area contributed by atoms with Crippen molar-refractivity contribution >= 4 is 22.6 Å². The van der Waals surface area contributed by atoms with Crippen LogP contribution in [-0.2, 0) is 6.42 Å². The van der Waals surface area contributed by atoms with Gasteiger partial charge in [-0.3, -0.25) is 9.36 Å². The van der Waals surface area contributed by atoms with Gasteiger partial charge < -0.3 is 15.9 Å². The lowest BCUT2D eigenvalue weighted by molar-refractivity contribution is 0.0849. The summed E-state index contributed by atoms with van der Waals surface area (Å²) in [5, 5.41) is 18.9. The Morgan fingerprint density at radius 3 is 2.78 bits per heavy atom. The molecule has 1 unspecified atom stereocenters. The first-order valence-corrected chi connectivity index (χ1v) is 7.24. The molecule has 0 amide bonds. The third-order valence-electron chi connectivity index (χ3n) is 3.85. The maximum Gasteiger partial charge on any atom is 0.235 e. The van der Waals surface area contributed by atoms with Crippen molar-refractivity contribution in [2.24, 2.45) is 5.92 Å². The van der Waals surface area contributed by atoms with E-state index in [1.807, 2.05) is 6.92 Å². The van der Waals surface area contributed by atoms with Gasteiger partial charge in [0.05, 0.1) is 11.2 Å². The minimum absolute atomic E-state index is 0.106. The Morgan fingerprint density at radius 2 is 2.04 bits per heavy atom. The molecule has 0 bridgehead atoms. The monoisotopic (exact) mass is 311 g/mol. The summed E-state index contributed by atoms with van der Waals surface area (Å²) < 4.78 is 1.50. The van der Waals surface area contributed by atoms with Gasteiger partial charge in [0.15, 0.2) is 11.5 Å². The number of nitrogen functional groups attached to an aromatic ring is 1. The number of aromatic nitrogens is 2. The van der Waals surface area contributed by atoms with Crippen LogP contribution in [0.3, 0.4) is 0 Å². The van der Waals surface area contributed by atoms with Crippen LogP contribution in [0, 0.1) is 5.92 Å². The second-order valence-electron chi connectivity index (χ2n) is 5.60. The first kappa shape index (κ1) is 14.9. The van der Waals surface area contributed by atoms with E-state index in [1.165, 1.54) is 23.0 Å². The number of hydrogen-bond donors (Lipinski definition) is 3. The van der Waals surface area contributed by atoms with Gasteiger partial charge in [0, 0.05) is 5.92 Å². The number of rotatable bonds is 3. The van der Waals surface area contributed by atoms with Gasteiger partial charge in [0.25, 0.3) is 0 Å². The number of aromatic hydroxyl groups is 2. The molecule has 4 N–H and O–H groups in total. The zero-order chi connectivity index (χ0) is 16.6. The SMILES string of the molecule is CC(Cc1ccc(O)c(O)c1)C(=O)n1cnc2c(N)cccc21. The van der Waals surface area contributed by atoms with Gasteiger partial charge in [-0.05, 0) is 36.2 Å². The lowest BCUT2D eigenvalue weighted by atomic mass is 10.00. The molecule has 0 fully saturated rings. The van der Waals surface area contributed by atoms with Gasteiger partial charge in [0.2, 0.25) is 5.91 Å². The van der Waals surface area contributed by atoms with Gasteiger partial charge in [-0.25, -0.2) is 4.98 Å². The van der Waals surface area contributed by atoms with Crippen molar-refractivity contribution in [3.05, 3.63) is 48.3 Å². The molecule has 1 aromatic heterocycles. The molecule has 0 spiro atoms. The van der Waals surface area contributed by atoms with Crippen LogP contribution in [0.1, 0.15) is 17.3 Å². The Morgan fingerprint density at radius 1 is 1.26 bits per heavy atom. The van der Waals surface area contributed by atoms with Crippen molar-refractivity contribution in [1.82, 2.24) is 9.55 Å². The number of carbonyl (C=O) groups is 1. The number of phenolic OH excluding ortho intramolecular Hbond substituents is 2. The van der Waals surface area contributed by atoms with E-state index in [9.17, 15) is 15.0 Å². The second kappa shape index (κ2) is 5.64. The number of benzene rings is 2. The Bertz CT molecular complexity index is 886. The van der Waals surface area contributed by atoms with Crippen molar-refractivity contribution in [3.63, 3.8) is 0 Å². The molecule has 1 heterocycles. The molecule has 3 rings (SSSR count). The molecule has 0 radical (unpaired) electrons. The summed E-state index contributed by atoms with van der Waals surface area (Å²) >= 11 is 0. The topological polar surface area (TPSA) is 101 Å². The van der Waals surface area contributed by atoms with Gasteiger partial charge in [0.1, 0.15) is 11.8 Å². The van der Waals surface area contributed by atoms with E-state index in [-0.39, 0.29) is 23.3 Å². The highest BCUT2D eigenvalue weighted by Crippen LogP contribution is 2.27. The molecule has 6 heteroatoms. The summed E-state index contributed by atoms with van der Waals surface area (Å²) in [6.45, 7) is 1.81. The predicted octanol–water partition coefficient (Wildman–Crippen LogP) is 2.55. The summed E-state index contributed by atoms with van der Waals surface area (Å²) in [7, 11) is 0. The summed E-state index contributed by atoms with van der Waals surface area (Å²) in [6, 6.07) is 9.88. The molecule has 0 aliphatic carbocycles. The number of nitrogens with zero attached hydrogens (tertiary/aromatic N) is 2.